The molecule has 2 rings (SSSR count). The van der Waals surface area contributed by atoms with Gasteiger partial charge in [-0.15, -0.1) is 0 Å². The summed E-state index contributed by atoms with van der Waals surface area (Å²) in [6.45, 7) is 15.9. The number of ether oxygens (including phenoxy) is 2. The van der Waals surface area contributed by atoms with Crippen molar-refractivity contribution in [2.75, 3.05) is 6.54 Å². The van der Waals surface area contributed by atoms with E-state index >= 15 is 0 Å². The predicted molar refractivity (Wildman–Crippen MR) is 142 cm³/mol. The number of aryl methyl sites for hydroxylation is 2. The smallest absolute Gasteiger partial charge is 0.408 e. The number of alkyl carbamates (subject to hydrolysis) is 1. The Morgan fingerprint density at radius 3 is 2.34 bits per heavy atom. The van der Waals surface area contributed by atoms with E-state index in [2.05, 4.69) is 31.3 Å². The highest BCUT2D eigenvalue weighted by atomic mass is 19.1. The van der Waals surface area contributed by atoms with Gasteiger partial charge in [-0.25, -0.2) is 9.18 Å². The van der Waals surface area contributed by atoms with E-state index in [9.17, 15) is 9.18 Å². The number of allylic oxidation sites excluding steroid dienone is 2. The van der Waals surface area contributed by atoms with Gasteiger partial charge in [0.05, 0.1) is 6.54 Å². The fourth-order valence-electron chi connectivity index (χ4n) is 3.60. The zero-order valence-electron chi connectivity index (χ0n) is 22.5. The number of carbonyl (C=O) groups is 1. The summed E-state index contributed by atoms with van der Waals surface area (Å²) in [5.41, 5.74) is 5.54. The minimum Gasteiger partial charge on any atom is -0.460 e. The Morgan fingerprint density at radius 1 is 1.06 bits per heavy atom. The minimum atomic E-state index is -0.563. The molecule has 35 heavy (non-hydrogen) atoms. The van der Waals surface area contributed by atoms with Crippen LogP contribution in [-0.4, -0.2) is 18.2 Å². The van der Waals surface area contributed by atoms with Crippen molar-refractivity contribution in [1.29, 1.82) is 0 Å². The molecule has 1 amide bonds. The number of rotatable bonds is 9. The molecule has 4 nitrogen and oxygen atoms in total. The summed E-state index contributed by atoms with van der Waals surface area (Å²) in [5, 5.41) is 2.80. The lowest BCUT2D eigenvalue weighted by Gasteiger charge is -2.21. The zero-order valence-corrected chi connectivity index (χ0v) is 22.5. The Morgan fingerprint density at radius 2 is 1.77 bits per heavy atom. The summed E-state index contributed by atoms with van der Waals surface area (Å²) in [5.74, 6) is 1.20. The summed E-state index contributed by atoms with van der Waals surface area (Å²) >= 11 is 0. The van der Waals surface area contributed by atoms with Crippen molar-refractivity contribution in [3.63, 3.8) is 0 Å². The molecular formula is C30H40FNO3. The molecule has 1 N–H and O–H groups in total. The first-order valence-corrected chi connectivity index (χ1v) is 12.4. The van der Waals surface area contributed by atoms with Gasteiger partial charge >= 0.3 is 6.09 Å². The van der Waals surface area contributed by atoms with Crippen molar-refractivity contribution in [2.24, 2.45) is 0 Å². The van der Waals surface area contributed by atoms with Crippen LogP contribution >= 0.6 is 0 Å². The molecule has 0 aliphatic rings. The van der Waals surface area contributed by atoms with Crippen molar-refractivity contribution in [1.82, 2.24) is 5.32 Å². The first-order valence-electron chi connectivity index (χ1n) is 12.4. The van der Waals surface area contributed by atoms with Crippen molar-refractivity contribution >= 4 is 11.7 Å². The first kappa shape index (κ1) is 28.2. The Hall–Kier alpha value is -3.08. The molecule has 0 aromatic heterocycles. The number of hydrogen-bond acceptors (Lipinski definition) is 3. The van der Waals surface area contributed by atoms with Crippen LogP contribution in [0.1, 0.15) is 83.1 Å². The third-order valence-corrected chi connectivity index (χ3v) is 5.63. The monoisotopic (exact) mass is 481 g/mol. The van der Waals surface area contributed by atoms with E-state index < -0.39 is 11.7 Å². The van der Waals surface area contributed by atoms with Gasteiger partial charge in [0, 0.05) is 0 Å². The van der Waals surface area contributed by atoms with Crippen LogP contribution in [0.4, 0.5) is 9.18 Å². The molecule has 0 spiro atoms. The molecule has 0 unspecified atom stereocenters. The van der Waals surface area contributed by atoms with Gasteiger partial charge in [0.25, 0.3) is 0 Å². The number of hydrogen-bond donors (Lipinski definition) is 1. The zero-order chi connectivity index (χ0) is 26.2. The molecule has 0 heterocycles. The van der Waals surface area contributed by atoms with Crippen LogP contribution in [-0.2, 0) is 4.74 Å². The molecule has 0 saturated heterocycles. The second-order valence-electron chi connectivity index (χ2n) is 9.86. The van der Waals surface area contributed by atoms with Gasteiger partial charge in [-0.05, 0) is 112 Å². The van der Waals surface area contributed by atoms with Gasteiger partial charge in [0.1, 0.15) is 22.9 Å². The Labute approximate surface area is 210 Å². The summed E-state index contributed by atoms with van der Waals surface area (Å²) in [6.07, 6.45) is 4.50. The topological polar surface area (TPSA) is 47.6 Å². The molecule has 5 heteroatoms. The van der Waals surface area contributed by atoms with E-state index in [1.54, 1.807) is 6.07 Å². The number of halogens is 1. The van der Waals surface area contributed by atoms with Gasteiger partial charge in [0.15, 0.2) is 0 Å². The van der Waals surface area contributed by atoms with E-state index in [-0.39, 0.29) is 12.4 Å². The van der Waals surface area contributed by atoms with E-state index in [0.717, 1.165) is 58.4 Å². The van der Waals surface area contributed by atoms with Gasteiger partial charge < -0.3 is 14.8 Å². The second-order valence-corrected chi connectivity index (χ2v) is 9.86. The standard InChI is InChI=1S/C30H40FNO3/c1-9-11-12-26(25-15-14-24(31)18-21(25)4)23-13-16-27(22(5)17-23)34-28(20(3)10-2)19-32-29(33)35-30(6,7)8/h12-18H,9-11,19H2,1-8H3,(H,32,33)/b26-12-,28-20+. The lowest BCUT2D eigenvalue weighted by Crippen LogP contribution is -2.34. The Bertz CT molecular complexity index is 1090. The molecule has 2 aromatic rings. The third-order valence-electron chi connectivity index (χ3n) is 5.63. The summed E-state index contributed by atoms with van der Waals surface area (Å²) < 4.78 is 25.3. The van der Waals surface area contributed by atoms with Crippen LogP contribution < -0.4 is 10.1 Å². The van der Waals surface area contributed by atoms with Crippen LogP contribution in [0.15, 0.2) is 53.8 Å². The fraction of sp³-hybridized carbons (Fsp3) is 0.433. The lowest BCUT2D eigenvalue weighted by atomic mass is 9.92. The van der Waals surface area contributed by atoms with E-state index in [1.165, 1.54) is 6.07 Å². The van der Waals surface area contributed by atoms with Gasteiger partial charge in [-0.2, -0.15) is 0 Å². The van der Waals surface area contributed by atoms with Crippen molar-refractivity contribution in [3.8, 4) is 5.75 Å². The average molecular weight is 482 g/mol. The van der Waals surface area contributed by atoms with Crippen LogP contribution in [0, 0.1) is 19.7 Å². The van der Waals surface area contributed by atoms with Crippen LogP contribution in [0.5, 0.6) is 5.75 Å². The molecule has 0 saturated carbocycles. The Kier molecular flexibility index (Phi) is 10.1. The molecule has 190 valence electrons. The quantitative estimate of drug-likeness (QED) is 0.367. The lowest BCUT2D eigenvalue weighted by molar-refractivity contribution is 0.0527. The minimum absolute atomic E-state index is 0.230. The second kappa shape index (κ2) is 12.6. The van der Waals surface area contributed by atoms with E-state index in [1.807, 2.05) is 59.7 Å². The molecule has 0 fully saturated rings. The molecule has 0 radical (unpaired) electrons. The van der Waals surface area contributed by atoms with Gasteiger partial charge in [-0.1, -0.05) is 38.5 Å². The fourth-order valence-corrected chi connectivity index (χ4v) is 3.60. The van der Waals surface area contributed by atoms with Crippen molar-refractivity contribution in [3.05, 3.63) is 81.9 Å². The molecule has 2 aromatic carbocycles. The molecule has 0 atom stereocenters. The normalized spacial score (nSPS) is 12.8. The van der Waals surface area contributed by atoms with Crippen molar-refractivity contribution in [2.45, 2.75) is 80.3 Å². The number of nitrogens with one attached hydrogen (secondary N) is 1. The third kappa shape index (κ3) is 8.57. The summed E-state index contributed by atoms with van der Waals surface area (Å²) in [7, 11) is 0. The molecule has 0 bridgehead atoms. The van der Waals surface area contributed by atoms with E-state index in [4.69, 9.17) is 9.47 Å². The number of unbranched alkanes of at least 4 members (excludes halogenated alkanes) is 1. The predicted octanol–water partition coefficient (Wildman–Crippen LogP) is 8.26. The van der Waals surface area contributed by atoms with E-state index in [0.29, 0.717) is 5.76 Å². The summed E-state index contributed by atoms with van der Waals surface area (Å²) in [6, 6.07) is 11.0. The highest BCUT2D eigenvalue weighted by molar-refractivity contribution is 5.82. The highest BCUT2D eigenvalue weighted by Gasteiger charge is 2.17. The number of amides is 1. The SMILES string of the molecule is CCC/C=C(/c1ccc(O/C(CNC(=O)OC(C)(C)C)=C(\C)CC)c(C)c1)c1ccc(F)cc1C. The molecular weight excluding hydrogens is 441 g/mol. The van der Waals surface area contributed by atoms with Crippen molar-refractivity contribution < 1.29 is 18.7 Å². The van der Waals surface area contributed by atoms with Crippen LogP contribution in [0.3, 0.4) is 0 Å². The Balaban J connectivity index is 2.31. The molecule has 0 aliphatic carbocycles. The molecule has 0 aliphatic heterocycles. The maximum absolute atomic E-state index is 13.7. The average Bonchev–Trinajstić information content (AvgIpc) is 2.77. The van der Waals surface area contributed by atoms with Gasteiger partial charge in [0.2, 0.25) is 0 Å². The van der Waals surface area contributed by atoms with Crippen LogP contribution in [0.25, 0.3) is 5.57 Å². The maximum Gasteiger partial charge on any atom is 0.408 e. The van der Waals surface area contributed by atoms with Crippen LogP contribution in [0.2, 0.25) is 0 Å². The first-order chi connectivity index (χ1) is 16.4. The number of carbonyl (C=O) groups excluding carboxylic acids is 1. The highest BCUT2D eigenvalue weighted by Crippen LogP contribution is 2.31. The summed E-state index contributed by atoms with van der Waals surface area (Å²) in [4.78, 5) is 12.1. The van der Waals surface area contributed by atoms with Gasteiger partial charge in [-0.3, -0.25) is 0 Å². The number of benzene rings is 2. The largest absolute Gasteiger partial charge is 0.460 e. The maximum atomic E-state index is 13.7.